The van der Waals surface area contributed by atoms with E-state index in [0.717, 1.165) is 0 Å². The van der Waals surface area contributed by atoms with E-state index in [-0.39, 0.29) is 6.42 Å². The maximum Gasteiger partial charge on any atom is 0.153 e. The molecule has 0 heterocycles. The van der Waals surface area contributed by atoms with Crippen molar-refractivity contribution in [2.24, 2.45) is 0 Å². The Bertz CT molecular complexity index is 27.2. The largest absolute Gasteiger partial charge is 0.368 e. The van der Waals surface area contributed by atoms with Crippen molar-refractivity contribution in [3.8, 4) is 0 Å². The Morgan fingerprint density at radius 2 is 2.00 bits per heavy atom. The van der Waals surface area contributed by atoms with Gasteiger partial charge in [-0.2, -0.15) is 0 Å². The van der Waals surface area contributed by atoms with Crippen molar-refractivity contribution < 1.29 is 15.3 Å². The van der Waals surface area contributed by atoms with Gasteiger partial charge >= 0.3 is 0 Å². The van der Waals surface area contributed by atoms with Crippen molar-refractivity contribution in [3.63, 3.8) is 0 Å². The Balaban J connectivity index is 2.63. The van der Waals surface area contributed by atoms with Gasteiger partial charge in [-0.15, -0.1) is 0 Å². The van der Waals surface area contributed by atoms with E-state index in [1.54, 1.807) is 0 Å². The summed E-state index contributed by atoms with van der Waals surface area (Å²) >= 11 is 0. The van der Waals surface area contributed by atoms with Crippen molar-refractivity contribution in [3.05, 3.63) is 0 Å². The van der Waals surface area contributed by atoms with E-state index in [2.05, 4.69) is 0 Å². The molecule has 0 amide bonds. The fourth-order valence-corrected chi connectivity index (χ4v) is 0.105. The van der Waals surface area contributed by atoms with Gasteiger partial charge in [-0.25, -0.2) is 5.11 Å². The van der Waals surface area contributed by atoms with Gasteiger partial charge in [0.15, 0.2) is 6.29 Å². The van der Waals surface area contributed by atoms with Crippen LogP contribution >= 0.6 is 0 Å². The molecule has 0 saturated carbocycles. The minimum Gasteiger partial charge on any atom is -0.368 e. The van der Waals surface area contributed by atoms with Gasteiger partial charge in [0.25, 0.3) is 0 Å². The van der Waals surface area contributed by atoms with Crippen molar-refractivity contribution in [1.82, 2.24) is 0 Å². The summed E-state index contributed by atoms with van der Waals surface area (Å²) in [5, 5.41) is 25.2. The third kappa shape index (κ3) is 3.88. The first-order valence-electron chi connectivity index (χ1n) is 1.71. The quantitative estimate of drug-likeness (QED) is 0.433. The van der Waals surface area contributed by atoms with Crippen LogP contribution in [0, 0.1) is 0 Å². The predicted octanol–water partition coefficient (Wildman–Crippen LogP) is -0.882. The van der Waals surface area contributed by atoms with Crippen LogP contribution in [-0.2, 0) is 5.11 Å². The molecule has 0 aliphatic rings. The Hall–Kier alpha value is -0.120. The van der Waals surface area contributed by atoms with Gasteiger partial charge in [0.2, 0.25) is 0 Å². The molecular weight excluding hydrogens is 84.0 g/mol. The Morgan fingerprint density at radius 3 is 2.00 bits per heavy atom. The first-order chi connectivity index (χ1) is 2.77. The van der Waals surface area contributed by atoms with Gasteiger partial charge in [0.1, 0.15) is 0 Å². The van der Waals surface area contributed by atoms with Crippen LogP contribution in [0.4, 0.5) is 0 Å². The molecule has 0 aromatic carbocycles. The minimum absolute atomic E-state index is 0.0694. The molecule has 0 rings (SSSR count). The van der Waals surface area contributed by atoms with E-state index in [4.69, 9.17) is 10.2 Å². The van der Waals surface area contributed by atoms with Crippen LogP contribution in [0.2, 0.25) is 0 Å². The molecule has 0 saturated heterocycles. The molecule has 0 aliphatic carbocycles. The van der Waals surface area contributed by atoms with E-state index >= 15 is 0 Å². The lowest BCUT2D eigenvalue weighted by Gasteiger charge is -1.93. The minimum atomic E-state index is -1.41. The van der Waals surface area contributed by atoms with Crippen LogP contribution < -0.4 is 0 Å². The molecule has 1 radical (unpaired) electrons. The van der Waals surface area contributed by atoms with E-state index in [1.165, 1.54) is 0 Å². The standard InChI is InChI=1S/C3H7O3/c4-2-1-3(5)6/h3,5-6H,1-2H2. The SMILES string of the molecule is [O]CCC(O)O. The van der Waals surface area contributed by atoms with Crippen molar-refractivity contribution in [1.29, 1.82) is 0 Å². The molecule has 3 nitrogen and oxygen atoms in total. The van der Waals surface area contributed by atoms with E-state index in [0.29, 0.717) is 0 Å². The second-order valence-corrected chi connectivity index (χ2v) is 0.973. The molecule has 0 atom stereocenters. The lowest BCUT2D eigenvalue weighted by molar-refractivity contribution is -0.0593. The summed E-state index contributed by atoms with van der Waals surface area (Å²) in [6, 6.07) is 0. The normalized spacial score (nSPS) is 10.0. The maximum atomic E-state index is 9.42. The average molecular weight is 91.1 g/mol. The number of rotatable bonds is 2. The zero-order valence-electron chi connectivity index (χ0n) is 3.29. The lowest BCUT2D eigenvalue weighted by atomic mass is 10.5. The highest BCUT2D eigenvalue weighted by Gasteiger charge is 1.91. The van der Waals surface area contributed by atoms with Crippen molar-refractivity contribution >= 4 is 0 Å². The molecule has 0 bridgehead atoms. The Kier molecular flexibility index (Phi) is 3.02. The topological polar surface area (TPSA) is 60.4 Å². The average Bonchev–Trinajstić information content (AvgIpc) is 1.35. The Labute approximate surface area is 35.9 Å². The number of hydrogen-bond acceptors (Lipinski definition) is 2. The molecule has 0 aromatic heterocycles. The third-order valence-electron chi connectivity index (χ3n) is 0.376. The molecule has 0 spiro atoms. The Morgan fingerprint density at radius 1 is 1.50 bits per heavy atom. The lowest BCUT2D eigenvalue weighted by Crippen LogP contribution is -2.04. The van der Waals surface area contributed by atoms with E-state index in [1.807, 2.05) is 0 Å². The molecular formula is C3H7O3. The van der Waals surface area contributed by atoms with Crippen LogP contribution in [0.25, 0.3) is 0 Å². The highest BCUT2D eigenvalue weighted by molar-refractivity contribution is 4.30. The number of hydrogen-bond donors (Lipinski definition) is 2. The summed E-state index contributed by atoms with van der Waals surface area (Å²) in [5.41, 5.74) is 0. The summed E-state index contributed by atoms with van der Waals surface area (Å²) in [6.07, 6.45) is -1.48. The fourth-order valence-electron chi connectivity index (χ4n) is 0.105. The molecule has 6 heavy (non-hydrogen) atoms. The molecule has 0 aliphatic heterocycles. The van der Waals surface area contributed by atoms with Crippen LogP contribution in [0.1, 0.15) is 6.42 Å². The van der Waals surface area contributed by atoms with Gasteiger partial charge < -0.3 is 10.2 Å². The molecule has 2 N–H and O–H groups in total. The molecule has 0 fully saturated rings. The molecule has 0 unspecified atom stereocenters. The monoisotopic (exact) mass is 91.0 g/mol. The first kappa shape index (κ1) is 5.88. The van der Waals surface area contributed by atoms with Crippen LogP contribution in [-0.4, -0.2) is 23.1 Å². The van der Waals surface area contributed by atoms with E-state index < -0.39 is 12.9 Å². The van der Waals surface area contributed by atoms with Crippen LogP contribution in [0.5, 0.6) is 0 Å². The maximum absolute atomic E-state index is 9.42. The molecule has 3 heteroatoms. The highest BCUT2D eigenvalue weighted by atomic mass is 16.5. The summed E-state index contributed by atoms with van der Waals surface area (Å²) in [7, 11) is 0. The highest BCUT2D eigenvalue weighted by Crippen LogP contribution is 1.79. The van der Waals surface area contributed by atoms with Gasteiger partial charge in [-0.05, 0) is 0 Å². The smallest absolute Gasteiger partial charge is 0.153 e. The third-order valence-corrected chi connectivity index (χ3v) is 0.376. The number of aliphatic hydroxyl groups is 2. The van der Waals surface area contributed by atoms with E-state index in [9.17, 15) is 5.11 Å². The van der Waals surface area contributed by atoms with Crippen molar-refractivity contribution in [2.45, 2.75) is 12.7 Å². The van der Waals surface area contributed by atoms with Crippen molar-refractivity contribution in [2.75, 3.05) is 6.61 Å². The van der Waals surface area contributed by atoms with Gasteiger partial charge in [-0.1, -0.05) is 0 Å². The molecule has 37 valence electrons. The number of aliphatic hydroxyl groups excluding tert-OH is 1. The second-order valence-electron chi connectivity index (χ2n) is 0.973. The van der Waals surface area contributed by atoms with Gasteiger partial charge in [-0.3, -0.25) is 0 Å². The predicted molar refractivity (Wildman–Crippen MR) is 18.4 cm³/mol. The zero-order valence-corrected chi connectivity index (χ0v) is 3.29. The zero-order chi connectivity index (χ0) is 4.99. The van der Waals surface area contributed by atoms with Gasteiger partial charge in [0.05, 0.1) is 6.61 Å². The fraction of sp³-hybridized carbons (Fsp3) is 1.00. The summed E-state index contributed by atoms with van der Waals surface area (Å²) in [5.74, 6) is 0. The van der Waals surface area contributed by atoms with Crippen LogP contribution in [0.3, 0.4) is 0 Å². The van der Waals surface area contributed by atoms with Gasteiger partial charge in [0, 0.05) is 6.42 Å². The summed E-state index contributed by atoms with van der Waals surface area (Å²) in [6.45, 7) is -0.419. The molecule has 0 aromatic rings. The second kappa shape index (κ2) is 3.08. The van der Waals surface area contributed by atoms with Crippen LogP contribution in [0.15, 0.2) is 0 Å². The first-order valence-corrected chi connectivity index (χ1v) is 1.71. The summed E-state index contributed by atoms with van der Waals surface area (Å²) in [4.78, 5) is 0. The summed E-state index contributed by atoms with van der Waals surface area (Å²) < 4.78 is 0.